The zero-order valence-electron chi connectivity index (χ0n) is 12.6. The number of hydrogen-bond donors (Lipinski definition) is 4. The Bertz CT molecular complexity index is 472. The monoisotopic (exact) mass is 292 g/mol. The Hall–Kier alpha value is -2.08. The van der Waals surface area contributed by atoms with Crippen LogP contribution < -0.4 is 16.4 Å². The van der Waals surface area contributed by atoms with Crippen molar-refractivity contribution in [1.29, 1.82) is 0 Å². The topological polar surface area (TPSA) is 99.7 Å². The van der Waals surface area contributed by atoms with Crippen LogP contribution in [0.5, 0.6) is 0 Å². The van der Waals surface area contributed by atoms with E-state index in [1.165, 1.54) is 0 Å². The van der Waals surface area contributed by atoms with E-state index < -0.39 is 5.41 Å². The van der Waals surface area contributed by atoms with Crippen molar-refractivity contribution in [1.82, 2.24) is 10.6 Å². The molecule has 0 aliphatic carbocycles. The molecule has 116 valence electrons. The summed E-state index contributed by atoms with van der Waals surface area (Å²) in [5.41, 5.74) is 6.27. The summed E-state index contributed by atoms with van der Waals surface area (Å²) in [6.45, 7) is 5.16. The fourth-order valence-electron chi connectivity index (χ4n) is 1.73. The van der Waals surface area contributed by atoms with Gasteiger partial charge in [-0.15, -0.1) is 0 Å². The summed E-state index contributed by atoms with van der Waals surface area (Å²) in [6, 6.07) is 9.75. The quantitative estimate of drug-likeness (QED) is 0.189. The number of benzene rings is 1. The van der Waals surface area contributed by atoms with E-state index in [-0.39, 0.29) is 18.3 Å². The molecule has 0 aliphatic heterocycles. The van der Waals surface area contributed by atoms with Gasteiger partial charge in [-0.25, -0.2) is 0 Å². The van der Waals surface area contributed by atoms with E-state index in [2.05, 4.69) is 15.8 Å². The van der Waals surface area contributed by atoms with E-state index in [1.807, 2.05) is 44.2 Å². The molecule has 21 heavy (non-hydrogen) atoms. The second kappa shape index (κ2) is 8.26. The molecule has 0 aliphatic rings. The third-order valence-electron chi connectivity index (χ3n) is 3.35. The van der Waals surface area contributed by atoms with Crippen molar-refractivity contribution >= 4 is 11.7 Å². The lowest BCUT2D eigenvalue weighted by Gasteiger charge is -2.22. The van der Waals surface area contributed by atoms with E-state index in [9.17, 15) is 4.79 Å². The number of hydrogen-bond acceptors (Lipinski definition) is 4. The first-order valence-electron chi connectivity index (χ1n) is 6.95. The fraction of sp³-hybridized carbons (Fsp3) is 0.467. The number of carbonyl (C=O) groups excluding carboxylic acids is 1. The largest absolute Gasteiger partial charge is 0.409 e. The molecule has 0 atom stereocenters. The highest BCUT2D eigenvalue weighted by Crippen LogP contribution is 2.19. The molecule has 1 rings (SSSR count). The highest BCUT2D eigenvalue weighted by atomic mass is 16.4. The standard InChI is InChI=1S/C15H24N4O2/c1-15(2,14(16)19-21)8-9-17-11-13(20)18-10-12-6-4-3-5-7-12/h3-7,17,21H,8-11H2,1-2H3,(H2,16,19)(H,18,20). The summed E-state index contributed by atoms with van der Waals surface area (Å²) >= 11 is 0. The van der Waals surface area contributed by atoms with Crippen LogP contribution >= 0.6 is 0 Å². The van der Waals surface area contributed by atoms with Crippen molar-refractivity contribution < 1.29 is 10.0 Å². The van der Waals surface area contributed by atoms with Crippen LogP contribution in [0.25, 0.3) is 0 Å². The molecule has 0 spiro atoms. The second-order valence-corrected chi connectivity index (χ2v) is 5.56. The van der Waals surface area contributed by atoms with Crippen molar-refractivity contribution in [3.05, 3.63) is 35.9 Å². The lowest BCUT2D eigenvalue weighted by atomic mass is 9.88. The number of rotatable bonds is 8. The smallest absolute Gasteiger partial charge is 0.234 e. The van der Waals surface area contributed by atoms with Crippen molar-refractivity contribution in [3.63, 3.8) is 0 Å². The Morgan fingerprint density at radius 1 is 1.33 bits per heavy atom. The van der Waals surface area contributed by atoms with Crippen LogP contribution in [-0.2, 0) is 11.3 Å². The van der Waals surface area contributed by atoms with E-state index in [0.717, 1.165) is 5.56 Å². The Kier molecular flexibility index (Phi) is 6.68. The van der Waals surface area contributed by atoms with Gasteiger partial charge in [0.2, 0.25) is 5.91 Å². The van der Waals surface area contributed by atoms with Gasteiger partial charge in [0.15, 0.2) is 0 Å². The Morgan fingerprint density at radius 3 is 2.62 bits per heavy atom. The summed E-state index contributed by atoms with van der Waals surface area (Å²) in [6.07, 6.45) is 0.675. The SMILES string of the molecule is CC(C)(CCNCC(=O)NCc1ccccc1)C(N)=NO. The van der Waals surface area contributed by atoms with Crippen molar-refractivity contribution in [2.45, 2.75) is 26.8 Å². The highest BCUT2D eigenvalue weighted by Gasteiger charge is 2.22. The van der Waals surface area contributed by atoms with Gasteiger partial charge < -0.3 is 21.6 Å². The average molecular weight is 292 g/mol. The highest BCUT2D eigenvalue weighted by molar-refractivity contribution is 5.85. The first-order chi connectivity index (χ1) is 9.95. The van der Waals surface area contributed by atoms with Crippen LogP contribution in [0, 0.1) is 5.41 Å². The Morgan fingerprint density at radius 2 is 2.00 bits per heavy atom. The maximum atomic E-state index is 11.7. The van der Waals surface area contributed by atoms with Gasteiger partial charge in [-0.3, -0.25) is 4.79 Å². The van der Waals surface area contributed by atoms with Crippen LogP contribution in [0.1, 0.15) is 25.8 Å². The molecule has 0 saturated heterocycles. The van der Waals surface area contributed by atoms with E-state index in [4.69, 9.17) is 10.9 Å². The molecule has 0 unspecified atom stereocenters. The summed E-state index contributed by atoms with van der Waals surface area (Å²) in [5.74, 6) is 0.137. The Labute approximate surface area is 125 Å². The fourth-order valence-corrected chi connectivity index (χ4v) is 1.73. The molecule has 1 amide bonds. The Balaban J connectivity index is 2.19. The van der Waals surface area contributed by atoms with E-state index >= 15 is 0 Å². The maximum Gasteiger partial charge on any atom is 0.234 e. The molecule has 0 saturated carbocycles. The van der Waals surface area contributed by atoms with Gasteiger partial charge in [0.1, 0.15) is 5.84 Å². The zero-order valence-corrected chi connectivity index (χ0v) is 12.6. The number of nitrogens with zero attached hydrogens (tertiary/aromatic N) is 1. The second-order valence-electron chi connectivity index (χ2n) is 5.56. The molecule has 1 aromatic rings. The molecule has 0 aromatic heterocycles. The molecule has 0 radical (unpaired) electrons. The minimum absolute atomic E-state index is 0.0551. The maximum absolute atomic E-state index is 11.7. The summed E-state index contributed by atoms with van der Waals surface area (Å²) in [7, 11) is 0. The molecule has 0 bridgehead atoms. The minimum Gasteiger partial charge on any atom is -0.409 e. The van der Waals surface area contributed by atoms with Gasteiger partial charge in [-0.2, -0.15) is 0 Å². The molecular formula is C15H24N4O2. The van der Waals surface area contributed by atoms with Crippen molar-refractivity contribution in [2.75, 3.05) is 13.1 Å². The number of nitrogens with two attached hydrogens (primary N) is 1. The van der Waals surface area contributed by atoms with Crippen LogP contribution in [0.15, 0.2) is 35.5 Å². The summed E-state index contributed by atoms with van der Waals surface area (Å²) < 4.78 is 0. The van der Waals surface area contributed by atoms with E-state index in [0.29, 0.717) is 19.5 Å². The first-order valence-corrected chi connectivity index (χ1v) is 6.95. The van der Waals surface area contributed by atoms with Gasteiger partial charge in [-0.1, -0.05) is 49.3 Å². The third kappa shape index (κ3) is 6.27. The number of oxime groups is 1. The van der Waals surface area contributed by atoms with Crippen molar-refractivity contribution in [3.8, 4) is 0 Å². The lowest BCUT2D eigenvalue weighted by molar-refractivity contribution is -0.120. The minimum atomic E-state index is -0.401. The van der Waals surface area contributed by atoms with Gasteiger partial charge in [-0.05, 0) is 18.5 Å². The molecule has 0 fully saturated rings. The van der Waals surface area contributed by atoms with E-state index in [1.54, 1.807) is 0 Å². The van der Waals surface area contributed by atoms with Gasteiger partial charge in [0.05, 0.1) is 6.54 Å². The van der Waals surface area contributed by atoms with Gasteiger partial charge in [0, 0.05) is 12.0 Å². The number of amides is 1. The van der Waals surface area contributed by atoms with Crippen molar-refractivity contribution in [2.24, 2.45) is 16.3 Å². The first kappa shape index (κ1) is 17.0. The number of amidine groups is 1. The zero-order chi connectivity index (χ0) is 15.7. The number of nitrogens with one attached hydrogen (secondary N) is 2. The van der Waals surface area contributed by atoms with Gasteiger partial charge in [0.25, 0.3) is 0 Å². The normalized spacial score (nSPS) is 12.2. The van der Waals surface area contributed by atoms with Crippen LogP contribution in [-0.4, -0.2) is 30.0 Å². The number of carbonyl (C=O) groups is 1. The van der Waals surface area contributed by atoms with Crippen LogP contribution in [0.4, 0.5) is 0 Å². The molecule has 0 heterocycles. The van der Waals surface area contributed by atoms with Crippen LogP contribution in [0.3, 0.4) is 0 Å². The van der Waals surface area contributed by atoms with Crippen LogP contribution in [0.2, 0.25) is 0 Å². The molecule has 1 aromatic carbocycles. The third-order valence-corrected chi connectivity index (χ3v) is 3.35. The predicted octanol–water partition coefficient (Wildman–Crippen LogP) is 1.06. The summed E-state index contributed by atoms with van der Waals surface area (Å²) in [5, 5.41) is 17.6. The van der Waals surface area contributed by atoms with Gasteiger partial charge >= 0.3 is 0 Å². The lowest BCUT2D eigenvalue weighted by Crippen LogP contribution is -2.38. The summed E-state index contributed by atoms with van der Waals surface area (Å²) in [4.78, 5) is 11.7. The molecule has 5 N–H and O–H groups in total. The molecular weight excluding hydrogens is 268 g/mol. The average Bonchev–Trinajstić information content (AvgIpc) is 2.49. The predicted molar refractivity (Wildman–Crippen MR) is 83.0 cm³/mol. The molecule has 6 heteroatoms. The molecule has 6 nitrogen and oxygen atoms in total.